The highest BCUT2D eigenvalue weighted by Gasteiger charge is 2.10. The van der Waals surface area contributed by atoms with Gasteiger partial charge >= 0.3 is 0 Å². The van der Waals surface area contributed by atoms with Gasteiger partial charge in [0.15, 0.2) is 5.16 Å². The molecule has 0 radical (unpaired) electrons. The maximum atomic E-state index is 6.21. The van der Waals surface area contributed by atoms with E-state index in [4.69, 9.17) is 17.3 Å². The van der Waals surface area contributed by atoms with Crippen LogP contribution < -0.4 is 5.73 Å². The average molecular weight is 280 g/mol. The van der Waals surface area contributed by atoms with Gasteiger partial charge in [0.25, 0.3) is 0 Å². The van der Waals surface area contributed by atoms with Crippen molar-refractivity contribution in [3.63, 3.8) is 0 Å². The second-order valence-electron chi connectivity index (χ2n) is 3.97. The number of aromatic nitrogens is 2. The number of benzene rings is 1. The van der Waals surface area contributed by atoms with E-state index in [9.17, 15) is 0 Å². The molecule has 0 aliphatic heterocycles. The van der Waals surface area contributed by atoms with E-state index in [-0.39, 0.29) is 0 Å². The van der Waals surface area contributed by atoms with Gasteiger partial charge in [0.05, 0.1) is 5.02 Å². The molecule has 94 valence electrons. The summed E-state index contributed by atoms with van der Waals surface area (Å²) in [6.07, 6.45) is 0. The number of halogens is 1. The Kier molecular flexibility index (Phi) is 4.22. The Balaban J connectivity index is 2.39. The van der Waals surface area contributed by atoms with Crippen molar-refractivity contribution in [2.45, 2.75) is 30.4 Å². The molecule has 0 unspecified atom stereocenters. The fourth-order valence-corrected chi connectivity index (χ4v) is 2.98. The minimum atomic E-state index is 0.452. The number of aryl methyl sites for hydroxylation is 2. The molecule has 0 spiro atoms. The molecule has 0 atom stereocenters. The van der Waals surface area contributed by atoms with Crippen LogP contribution in [0.1, 0.15) is 17.0 Å². The molecule has 2 rings (SSSR count). The molecule has 0 saturated carbocycles. The molecule has 1 aromatic carbocycles. The van der Waals surface area contributed by atoms with E-state index >= 15 is 0 Å². The van der Waals surface area contributed by atoms with Crippen LogP contribution in [0.3, 0.4) is 0 Å². The van der Waals surface area contributed by atoms with Crippen molar-refractivity contribution in [2.75, 3.05) is 0 Å². The fraction of sp³-hybridized carbons (Fsp3) is 0.231. The lowest BCUT2D eigenvalue weighted by atomic mass is 10.2. The first-order valence-electron chi connectivity index (χ1n) is 5.57. The minimum Gasteiger partial charge on any atom is -0.326 e. The van der Waals surface area contributed by atoms with Gasteiger partial charge in [-0.05, 0) is 43.3 Å². The number of nitrogens with two attached hydrogens (primary N) is 1. The zero-order valence-electron chi connectivity index (χ0n) is 10.3. The third-order valence-electron chi connectivity index (χ3n) is 2.42. The van der Waals surface area contributed by atoms with Gasteiger partial charge in [-0.15, -0.1) is 0 Å². The first-order valence-corrected chi connectivity index (χ1v) is 6.77. The van der Waals surface area contributed by atoms with Crippen molar-refractivity contribution in [1.82, 2.24) is 9.97 Å². The quantitative estimate of drug-likeness (QED) is 0.876. The van der Waals surface area contributed by atoms with Crippen LogP contribution in [0.2, 0.25) is 5.02 Å². The highest BCUT2D eigenvalue weighted by atomic mass is 35.5. The molecule has 0 bridgehead atoms. The molecule has 1 heterocycles. The summed E-state index contributed by atoms with van der Waals surface area (Å²) in [4.78, 5) is 9.73. The van der Waals surface area contributed by atoms with Crippen molar-refractivity contribution in [3.05, 3.63) is 46.2 Å². The van der Waals surface area contributed by atoms with E-state index < -0.39 is 0 Å². The van der Waals surface area contributed by atoms with Crippen LogP contribution >= 0.6 is 23.4 Å². The van der Waals surface area contributed by atoms with Gasteiger partial charge in [-0.25, -0.2) is 9.97 Å². The second-order valence-corrected chi connectivity index (χ2v) is 5.35. The molecule has 5 heteroatoms. The predicted octanol–water partition coefficient (Wildman–Crippen LogP) is 3.36. The number of hydrogen-bond acceptors (Lipinski definition) is 4. The van der Waals surface area contributed by atoms with Crippen molar-refractivity contribution < 1.29 is 0 Å². The smallest absolute Gasteiger partial charge is 0.192 e. The molecule has 0 aliphatic carbocycles. The van der Waals surface area contributed by atoms with Gasteiger partial charge in [-0.3, -0.25) is 0 Å². The second kappa shape index (κ2) is 5.69. The summed E-state index contributed by atoms with van der Waals surface area (Å²) in [7, 11) is 0. The normalized spacial score (nSPS) is 10.7. The Bertz CT molecular complexity index is 552. The average Bonchev–Trinajstić information content (AvgIpc) is 2.30. The third kappa shape index (κ3) is 3.02. The molecule has 0 fully saturated rings. The topological polar surface area (TPSA) is 51.8 Å². The van der Waals surface area contributed by atoms with Crippen LogP contribution in [0.25, 0.3) is 0 Å². The summed E-state index contributed by atoms with van der Waals surface area (Å²) in [5, 5.41) is 1.39. The lowest BCUT2D eigenvalue weighted by molar-refractivity contribution is 0.900. The van der Waals surface area contributed by atoms with Crippen molar-refractivity contribution in [1.29, 1.82) is 0 Å². The van der Waals surface area contributed by atoms with E-state index in [0.29, 0.717) is 16.7 Å². The minimum absolute atomic E-state index is 0.452. The highest BCUT2D eigenvalue weighted by Crippen LogP contribution is 2.34. The summed E-state index contributed by atoms with van der Waals surface area (Å²) in [5.74, 6) is 0. The first-order chi connectivity index (χ1) is 8.60. The highest BCUT2D eigenvalue weighted by molar-refractivity contribution is 7.99. The monoisotopic (exact) mass is 279 g/mol. The van der Waals surface area contributed by atoms with Gasteiger partial charge in [-0.2, -0.15) is 0 Å². The lowest BCUT2D eigenvalue weighted by Crippen LogP contribution is -1.99. The van der Waals surface area contributed by atoms with Gasteiger partial charge in [0.1, 0.15) is 0 Å². The number of nitrogens with zero attached hydrogens (tertiary/aromatic N) is 2. The SMILES string of the molecule is Cc1cc(C)nc(Sc2c(Cl)cccc2CN)n1. The van der Waals surface area contributed by atoms with Crippen LogP contribution in [0, 0.1) is 13.8 Å². The largest absolute Gasteiger partial charge is 0.326 e. The molecule has 0 saturated heterocycles. The zero-order chi connectivity index (χ0) is 13.1. The molecule has 18 heavy (non-hydrogen) atoms. The molecule has 0 amide bonds. The Hall–Kier alpha value is -1.10. The van der Waals surface area contributed by atoms with Crippen LogP contribution in [-0.4, -0.2) is 9.97 Å². The van der Waals surface area contributed by atoms with Gasteiger partial charge in [0, 0.05) is 22.8 Å². The summed E-state index contributed by atoms with van der Waals surface area (Å²) in [6, 6.07) is 7.67. The van der Waals surface area contributed by atoms with Crippen LogP contribution in [0.5, 0.6) is 0 Å². The third-order valence-corrected chi connectivity index (χ3v) is 3.90. The van der Waals surface area contributed by atoms with Crippen molar-refractivity contribution >= 4 is 23.4 Å². The fourth-order valence-electron chi connectivity index (χ4n) is 1.66. The Morgan fingerprint density at radius 1 is 1.22 bits per heavy atom. The summed E-state index contributed by atoms with van der Waals surface area (Å²) < 4.78 is 0. The zero-order valence-corrected chi connectivity index (χ0v) is 11.8. The van der Waals surface area contributed by atoms with Gasteiger partial charge < -0.3 is 5.73 Å². The van der Waals surface area contributed by atoms with E-state index in [1.54, 1.807) is 0 Å². The maximum Gasteiger partial charge on any atom is 0.192 e. The summed E-state index contributed by atoms with van der Waals surface area (Å²) in [6.45, 7) is 4.36. The molecule has 3 nitrogen and oxygen atoms in total. The van der Waals surface area contributed by atoms with E-state index in [1.807, 2.05) is 38.1 Å². The molecule has 1 aromatic heterocycles. The first kappa shape index (κ1) is 13.3. The summed E-state index contributed by atoms with van der Waals surface area (Å²) in [5.41, 5.74) is 8.63. The predicted molar refractivity (Wildman–Crippen MR) is 75.0 cm³/mol. The molecular weight excluding hydrogens is 266 g/mol. The van der Waals surface area contributed by atoms with Crippen molar-refractivity contribution in [2.24, 2.45) is 5.73 Å². The van der Waals surface area contributed by atoms with Crippen LogP contribution in [0.15, 0.2) is 34.3 Å². The van der Waals surface area contributed by atoms with Gasteiger partial charge in [-0.1, -0.05) is 23.7 Å². The van der Waals surface area contributed by atoms with E-state index in [0.717, 1.165) is 21.8 Å². The number of rotatable bonds is 3. The Morgan fingerprint density at radius 3 is 2.50 bits per heavy atom. The van der Waals surface area contributed by atoms with Crippen LogP contribution in [0.4, 0.5) is 0 Å². The lowest BCUT2D eigenvalue weighted by Gasteiger charge is -2.09. The van der Waals surface area contributed by atoms with Crippen LogP contribution in [-0.2, 0) is 6.54 Å². The standard InChI is InChI=1S/C13H14ClN3S/c1-8-6-9(2)17-13(16-8)18-12-10(7-15)4-3-5-11(12)14/h3-6H,7,15H2,1-2H3. The van der Waals surface area contributed by atoms with E-state index in [1.165, 1.54) is 11.8 Å². The maximum absolute atomic E-state index is 6.21. The van der Waals surface area contributed by atoms with E-state index in [2.05, 4.69) is 9.97 Å². The van der Waals surface area contributed by atoms with Gasteiger partial charge in [0.2, 0.25) is 0 Å². The molecule has 2 N–H and O–H groups in total. The molecular formula is C13H14ClN3S. The molecule has 2 aromatic rings. The van der Waals surface area contributed by atoms with Crippen molar-refractivity contribution in [3.8, 4) is 0 Å². The Labute approximate surface area is 116 Å². The molecule has 0 aliphatic rings. The summed E-state index contributed by atoms with van der Waals surface area (Å²) >= 11 is 7.67. The number of hydrogen-bond donors (Lipinski definition) is 1. The Morgan fingerprint density at radius 2 is 1.89 bits per heavy atom.